The third kappa shape index (κ3) is 6.52. The molecule has 0 bridgehead atoms. The Balaban J connectivity index is 1.71. The number of aryl methyl sites for hydroxylation is 1. The Morgan fingerprint density at radius 1 is 1.48 bits per heavy atom. The van der Waals surface area contributed by atoms with Crippen LogP contribution in [-0.4, -0.2) is 28.8 Å². The van der Waals surface area contributed by atoms with Crippen LogP contribution in [0.5, 0.6) is 0 Å². The molecule has 2 amide bonds. The Morgan fingerprint density at radius 3 is 2.80 bits per heavy atom. The quantitative estimate of drug-likeness (QED) is 0.579. The predicted octanol–water partition coefficient (Wildman–Crippen LogP) is 1.91. The van der Waals surface area contributed by atoms with Crippen molar-refractivity contribution in [1.82, 2.24) is 10.5 Å². The molecule has 0 radical (unpaired) electrons. The molecule has 0 spiro atoms. The summed E-state index contributed by atoms with van der Waals surface area (Å²) in [4.78, 5) is 27.3. The molecule has 1 aliphatic carbocycles. The Hall–Kier alpha value is -2.44. The van der Waals surface area contributed by atoms with Crippen molar-refractivity contribution in [2.75, 3.05) is 0 Å². The fourth-order valence-electron chi connectivity index (χ4n) is 2.86. The van der Waals surface area contributed by atoms with Gasteiger partial charge in [-0.1, -0.05) is 11.2 Å². The zero-order valence-electron chi connectivity index (χ0n) is 15.0. The van der Waals surface area contributed by atoms with Crippen molar-refractivity contribution in [3.8, 4) is 0 Å². The molecule has 7 nitrogen and oxygen atoms in total. The molecule has 0 unspecified atom stereocenters. The van der Waals surface area contributed by atoms with Crippen LogP contribution in [0.3, 0.4) is 0 Å². The molecule has 1 aromatic rings. The number of nitrogens with one attached hydrogen (secondary N) is 1. The first kappa shape index (κ1) is 18.9. The van der Waals surface area contributed by atoms with Crippen LogP contribution < -0.4 is 11.1 Å². The van der Waals surface area contributed by atoms with E-state index in [1.807, 2.05) is 19.9 Å². The molecule has 2 rings (SSSR count). The number of amides is 2. The van der Waals surface area contributed by atoms with Crippen molar-refractivity contribution in [3.05, 3.63) is 29.7 Å². The zero-order valence-corrected chi connectivity index (χ0v) is 15.0. The van der Waals surface area contributed by atoms with Crippen LogP contribution in [0.15, 0.2) is 27.7 Å². The topological polar surface area (TPSA) is 111 Å². The number of carbonyl (C=O) groups excluding carboxylic acids is 2. The minimum absolute atomic E-state index is 0.0475. The van der Waals surface area contributed by atoms with Crippen LogP contribution in [0, 0.1) is 18.8 Å². The summed E-state index contributed by atoms with van der Waals surface area (Å²) < 4.78 is 4.98. The lowest BCUT2D eigenvalue weighted by Crippen LogP contribution is -2.34. The number of nitrogens with two attached hydrogens (primary N) is 1. The van der Waals surface area contributed by atoms with Crippen LogP contribution in [0.25, 0.3) is 0 Å². The second-order valence-corrected chi connectivity index (χ2v) is 6.92. The van der Waals surface area contributed by atoms with Crippen molar-refractivity contribution < 1.29 is 14.1 Å². The predicted molar refractivity (Wildman–Crippen MR) is 94.8 cm³/mol. The smallest absolute Gasteiger partial charge is 0.255 e. The van der Waals surface area contributed by atoms with Gasteiger partial charge in [0.2, 0.25) is 5.91 Å². The SMILES string of the molecule is Cc1cc(CC(=O)N=C(N)/C=C/C2CC(CC(=O)NC(C)C)C2)on1. The van der Waals surface area contributed by atoms with Gasteiger partial charge in [0.25, 0.3) is 5.91 Å². The minimum atomic E-state index is -0.366. The lowest BCUT2D eigenvalue weighted by molar-refractivity contribution is -0.123. The Labute approximate surface area is 147 Å². The first-order chi connectivity index (χ1) is 11.8. The summed E-state index contributed by atoms with van der Waals surface area (Å²) in [6, 6.07) is 1.88. The summed E-state index contributed by atoms with van der Waals surface area (Å²) in [6.07, 6.45) is 6.16. The van der Waals surface area contributed by atoms with Crippen LogP contribution in [0.4, 0.5) is 0 Å². The Bertz CT molecular complexity index is 670. The van der Waals surface area contributed by atoms with Crippen LogP contribution in [0.2, 0.25) is 0 Å². The zero-order chi connectivity index (χ0) is 18.4. The van der Waals surface area contributed by atoms with Gasteiger partial charge in [-0.3, -0.25) is 9.59 Å². The Kier molecular flexibility index (Phi) is 6.50. The fourth-order valence-corrected chi connectivity index (χ4v) is 2.86. The highest BCUT2D eigenvalue weighted by atomic mass is 16.5. The first-order valence-corrected chi connectivity index (χ1v) is 8.58. The summed E-state index contributed by atoms with van der Waals surface area (Å²) >= 11 is 0. The van der Waals surface area contributed by atoms with E-state index in [1.54, 1.807) is 19.1 Å². The molecule has 3 N–H and O–H groups in total. The maximum atomic E-state index is 11.8. The van der Waals surface area contributed by atoms with Gasteiger partial charge in [-0.25, -0.2) is 0 Å². The summed E-state index contributed by atoms with van der Waals surface area (Å²) in [7, 11) is 0. The summed E-state index contributed by atoms with van der Waals surface area (Å²) in [5.41, 5.74) is 6.49. The van der Waals surface area contributed by atoms with E-state index in [0.717, 1.165) is 18.5 Å². The van der Waals surface area contributed by atoms with Crippen molar-refractivity contribution in [2.45, 2.75) is 52.5 Å². The monoisotopic (exact) mass is 346 g/mol. The lowest BCUT2D eigenvalue weighted by Gasteiger charge is -2.33. The summed E-state index contributed by atoms with van der Waals surface area (Å²) in [6.45, 7) is 5.70. The van der Waals surface area contributed by atoms with Crippen molar-refractivity contribution in [1.29, 1.82) is 0 Å². The van der Waals surface area contributed by atoms with E-state index in [9.17, 15) is 9.59 Å². The highest BCUT2D eigenvalue weighted by Gasteiger charge is 2.28. The van der Waals surface area contributed by atoms with Crippen LogP contribution >= 0.6 is 0 Å². The number of aliphatic imine (C=N–C) groups is 1. The number of amidine groups is 1. The van der Waals surface area contributed by atoms with E-state index in [0.29, 0.717) is 24.0 Å². The van der Waals surface area contributed by atoms with E-state index in [-0.39, 0.29) is 30.1 Å². The van der Waals surface area contributed by atoms with Gasteiger partial charge in [-0.2, -0.15) is 4.99 Å². The van der Waals surface area contributed by atoms with Gasteiger partial charge in [-0.05, 0) is 51.5 Å². The second-order valence-electron chi connectivity index (χ2n) is 6.92. The van der Waals surface area contributed by atoms with Gasteiger partial charge in [0.05, 0.1) is 12.1 Å². The molecule has 1 saturated carbocycles. The molecule has 0 aromatic carbocycles. The average molecular weight is 346 g/mol. The van der Waals surface area contributed by atoms with Gasteiger partial charge in [0.1, 0.15) is 11.6 Å². The van der Waals surface area contributed by atoms with E-state index >= 15 is 0 Å². The lowest BCUT2D eigenvalue weighted by atomic mass is 9.73. The highest BCUT2D eigenvalue weighted by molar-refractivity contribution is 6.00. The summed E-state index contributed by atoms with van der Waals surface area (Å²) in [5, 5.41) is 6.63. The Morgan fingerprint density at radius 2 is 2.20 bits per heavy atom. The van der Waals surface area contributed by atoms with E-state index in [1.165, 1.54) is 0 Å². The van der Waals surface area contributed by atoms with Gasteiger partial charge in [0.15, 0.2) is 0 Å². The second kappa shape index (κ2) is 8.60. The number of nitrogens with zero attached hydrogens (tertiary/aromatic N) is 2. The first-order valence-electron chi connectivity index (χ1n) is 8.58. The molecule has 1 fully saturated rings. The van der Waals surface area contributed by atoms with Crippen molar-refractivity contribution in [2.24, 2.45) is 22.6 Å². The normalized spacial score (nSPS) is 20.7. The summed E-state index contributed by atoms with van der Waals surface area (Å²) in [5.74, 6) is 1.21. The maximum absolute atomic E-state index is 11.8. The number of hydrogen-bond acceptors (Lipinski definition) is 4. The van der Waals surface area contributed by atoms with Gasteiger partial charge < -0.3 is 15.6 Å². The van der Waals surface area contributed by atoms with E-state index < -0.39 is 0 Å². The van der Waals surface area contributed by atoms with E-state index in [2.05, 4.69) is 15.5 Å². The molecule has 25 heavy (non-hydrogen) atoms. The number of carbonyl (C=O) groups is 2. The molecule has 1 aromatic heterocycles. The van der Waals surface area contributed by atoms with Crippen LogP contribution in [-0.2, 0) is 16.0 Å². The molecular formula is C18H26N4O3. The largest absolute Gasteiger partial charge is 0.384 e. The van der Waals surface area contributed by atoms with Gasteiger partial charge in [0, 0.05) is 18.5 Å². The number of aromatic nitrogens is 1. The van der Waals surface area contributed by atoms with Crippen LogP contribution in [0.1, 0.15) is 44.6 Å². The number of rotatable bonds is 7. The molecule has 7 heteroatoms. The highest BCUT2D eigenvalue weighted by Crippen LogP contribution is 2.36. The number of hydrogen-bond donors (Lipinski definition) is 2. The van der Waals surface area contributed by atoms with Gasteiger partial charge >= 0.3 is 0 Å². The molecule has 1 aliphatic rings. The third-order valence-corrected chi connectivity index (χ3v) is 3.99. The number of allylic oxidation sites excluding steroid dienone is 1. The van der Waals surface area contributed by atoms with Crippen molar-refractivity contribution in [3.63, 3.8) is 0 Å². The molecular weight excluding hydrogens is 320 g/mol. The molecule has 0 atom stereocenters. The molecule has 136 valence electrons. The fraction of sp³-hybridized carbons (Fsp3) is 0.556. The van der Waals surface area contributed by atoms with Gasteiger partial charge in [-0.15, -0.1) is 0 Å². The average Bonchev–Trinajstić information content (AvgIpc) is 2.85. The minimum Gasteiger partial charge on any atom is -0.384 e. The third-order valence-electron chi connectivity index (χ3n) is 3.99. The standard InChI is InChI=1S/C18H26N4O3/c1-11(2)20-17(23)9-14-7-13(8-14)4-5-16(19)21-18(24)10-15-6-12(3)22-25-15/h4-6,11,13-14H,7-10H2,1-3H3,(H,20,23)(H2,19,21,24)/b5-4+. The molecule has 0 saturated heterocycles. The maximum Gasteiger partial charge on any atom is 0.255 e. The molecule has 1 heterocycles. The van der Waals surface area contributed by atoms with Crippen molar-refractivity contribution >= 4 is 17.6 Å². The van der Waals surface area contributed by atoms with E-state index in [4.69, 9.17) is 10.3 Å². The molecule has 0 aliphatic heterocycles.